The Bertz CT molecular complexity index is 583. The third-order valence-electron chi connectivity index (χ3n) is 3.44. The van der Waals surface area contributed by atoms with Crippen LogP contribution in [0.25, 0.3) is 0 Å². The molecule has 0 aromatic heterocycles. The van der Waals surface area contributed by atoms with Crippen molar-refractivity contribution < 1.29 is 28.6 Å². The van der Waals surface area contributed by atoms with Crippen molar-refractivity contribution >= 4 is 23.6 Å². The van der Waals surface area contributed by atoms with E-state index in [4.69, 9.17) is 0 Å². The fourth-order valence-corrected chi connectivity index (χ4v) is 2.56. The van der Waals surface area contributed by atoms with E-state index in [0.29, 0.717) is 12.5 Å². The van der Waals surface area contributed by atoms with Crippen LogP contribution in [0.5, 0.6) is 0 Å². The van der Waals surface area contributed by atoms with Gasteiger partial charge in [0, 0.05) is 6.07 Å². The van der Waals surface area contributed by atoms with E-state index in [9.17, 15) is 28.6 Å². The summed E-state index contributed by atoms with van der Waals surface area (Å²) < 4.78 is 26.3. The van der Waals surface area contributed by atoms with Crippen LogP contribution in [0, 0.1) is 11.6 Å². The number of aliphatic hydroxyl groups excluding tert-OH is 2. The number of hydrogen-bond donors (Lipinski definition) is 4. The van der Waals surface area contributed by atoms with E-state index in [1.54, 1.807) is 11.8 Å². The SMILES string of the molecule is CSCC[C@@H](CO)NC(=O)[C@H](C)NC(=O)[C@@H](O)c1cc(F)cc(F)c1. The molecule has 0 aliphatic carbocycles. The predicted octanol–water partition coefficient (Wildman–Crippen LogP) is 0.733. The zero-order valence-corrected chi connectivity index (χ0v) is 14.8. The van der Waals surface area contributed by atoms with Gasteiger partial charge in [0.15, 0.2) is 6.10 Å². The van der Waals surface area contributed by atoms with E-state index in [-0.39, 0.29) is 12.2 Å². The average Bonchev–Trinajstić information content (AvgIpc) is 2.56. The summed E-state index contributed by atoms with van der Waals surface area (Å²) >= 11 is 1.57. The van der Waals surface area contributed by atoms with Crippen LogP contribution < -0.4 is 10.6 Å². The number of nitrogens with one attached hydrogen (secondary N) is 2. The first-order chi connectivity index (χ1) is 11.8. The fraction of sp³-hybridized carbons (Fsp3) is 0.500. The Morgan fingerprint density at radius 1 is 1.16 bits per heavy atom. The van der Waals surface area contributed by atoms with Crippen LogP contribution in [0.3, 0.4) is 0 Å². The molecule has 0 unspecified atom stereocenters. The summed E-state index contributed by atoms with van der Waals surface area (Å²) in [6.45, 7) is 1.16. The molecule has 1 rings (SSSR count). The lowest BCUT2D eigenvalue weighted by Gasteiger charge is -2.21. The summed E-state index contributed by atoms with van der Waals surface area (Å²) in [6, 6.07) is 0.851. The molecule has 0 saturated carbocycles. The molecule has 140 valence electrons. The highest BCUT2D eigenvalue weighted by Crippen LogP contribution is 2.16. The molecule has 0 saturated heterocycles. The summed E-state index contributed by atoms with van der Waals surface area (Å²) in [5.74, 6) is -2.60. The van der Waals surface area contributed by atoms with Gasteiger partial charge in [0.2, 0.25) is 5.91 Å². The molecule has 0 heterocycles. The van der Waals surface area contributed by atoms with Crippen LogP contribution >= 0.6 is 11.8 Å². The molecule has 1 aromatic carbocycles. The monoisotopic (exact) mass is 376 g/mol. The van der Waals surface area contributed by atoms with Gasteiger partial charge in [-0.2, -0.15) is 11.8 Å². The second-order valence-corrected chi connectivity index (χ2v) is 6.49. The standard InChI is InChI=1S/C16H22F2N2O4S/c1-9(15(23)20-13(8-21)3-4-25-2)19-16(24)14(22)10-5-11(17)7-12(18)6-10/h5-7,9,13-14,21-22H,3-4,8H2,1-2H3,(H,19,24)(H,20,23)/t9-,13-,14-/m0/s1. The Hall–Kier alpha value is -1.71. The second kappa shape index (κ2) is 10.3. The number of carbonyl (C=O) groups is 2. The van der Waals surface area contributed by atoms with E-state index in [2.05, 4.69) is 10.6 Å². The molecule has 2 amide bonds. The lowest BCUT2D eigenvalue weighted by atomic mass is 10.1. The third-order valence-corrected chi connectivity index (χ3v) is 4.08. The highest BCUT2D eigenvalue weighted by molar-refractivity contribution is 7.98. The van der Waals surface area contributed by atoms with Crippen molar-refractivity contribution in [3.05, 3.63) is 35.4 Å². The van der Waals surface area contributed by atoms with Gasteiger partial charge in [-0.25, -0.2) is 8.78 Å². The molecule has 0 spiro atoms. The predicted molar refractivity (Wildman–Crippen MR) is 90.9 cm³/mol. The van der Waals surface area contributed by atoms with Crippen molar-refractivity contribution in [2.24, 2.45) is 0 Å². The van der Waals surface area contributed by atoms with Crippen molar-refractivity contribution in [1.29, 1.82) is 0 Å². The van der Waals surface area contributed by atoms with Gasteiger partial charge in [-0.05, 0) is 43.0 Å². The number of benzene rings is 1. The maximum atomic E-state index is 13.2. The van der Waals surface area contributed by atoms with Gasteiger partial charge in [0.1, 0.15) is 17.7 Å². The van der Waals surface area contributed by atoms with Gasteiger partial charge in [-0.1, -0.05) is 0 Å². The molecule has 0 radical (unpaired) electrons. The van der Waals surface area contributed by atoms with E-state index < -0.39 is 41.6 Å². The van der Waals surface area contributed by atoms with Gasteiger partial charge < -0.3 is 20.8 Å². The van der Waals surface area contributed by atoms with E-state index >= 15 is 0 Å². The molecule has 1 aromatic rings. The Morgan fingerprint density at radius 3 is 2.28 bits per heavy atom. The van der Waals surface area contributed by atoms with Crippen molar-refractivity contribution in [2.75, 3.05) is 18.6 Å². The first kappa shape index (κ1) is 21.3. The maximum Gasteiger partial charge on any atom is 0.254 e. The average molecular weight is 376 g/mol. The first-order valence-corrected chi connectivity index (χ1v) is 9.02. The maximum absolute atomic E-state index is 13.2. The summed E-state index contributed by atoms with van der Waals surface area (Å²) in [5.41, 5.74) is -0.254. The summed E-state index contributed by atoms with van der Waals surface area (Å²) in [5, 5.41) is 24.0. The van der Waals surface area contributed by atoms with Crippen LogP contribution in [0.1, 0.15) is 25.0 Å². The van der Waals surface area contributed by atoms with Gasteiger partial charge >= 0.3 is 0 Å². The Labute approximate surface area is 149 Å². The minimum absolute atomic E-state index is 0.238. The second-order valence-electron chi connectivity index (χ2n) is 5.51. The van der Waals surface area contributed by atoms with E-state index in [0.717, 1.165) is 17.9 Å². The Balaban J connectivity index is 2.63. The zero-order valence-electron chi connectivity index (χ0n) is 14.0. The highest BCUT2D eigenvalue weighted by Gasteiger charge is 2.24. The van der Waals surface area contributed by atoms with E-state index in [1.165, 1.54) is 6.92 Å². The van der Waals surface area contributed by atoms with E-state index in [1.807, 2.05) is 6.26 Å². The topological polar surface area (TPSA) is 98.7 Å². The molecular weight excluding hydrogens is 354 g/mol. The lowest BCUT2D eigenvalue weighted by molar-refractivity contribution is -0.134. The van der Waals surface area contributed by atoms with Crippen LogP contribution in [-0.2, 0) is 9.59 Å². The highest BCUT2D eigenvalue weighted by atomic mass is 32.2. The van der Waals surface area contributed by atoms with Crippen molar-refractivity contribution in [1.82, 2.24) is 10.6 Å². The number of amides is 2. The lowest BCUT2D eigenvalue weighted by Crippen LogP contribution is -2.50. The van der Waals surface area contributed by atoms with Gasteiger partial charge in [-0.3, -0.25) is 9.59 Å². The summed E-state index contributed by atoms with van der Waals surface area (Å²) in [7, 11) is 0. The molecule has 0 aliphatic heterocycles. The minimum atomic E-state index is -1.81. The van der Waals surface area contributed by atoms with Crippen LogP contribution in [0.2, 0.25) is 0 Å². The number of rotatable bonds is 9. The van der Waals surface area contributed by atoms with Crippen molar-refractivity contribution in [3.63, 3.8) is 0 Å². The molecule has 0 bridgehead atoms. The molecule has 0 fully saturated rings. The van der Waals surface area contributed by atoms with Crippen molar-refractivity contribution in [2.45, 2.75) is 31.5 Å². The number of aliphatic hydroxyl groups is 2. The number of halogens is 2. The third kappa shape index (κ3) is 6.97. The van der Waals surface area contributed by atoms with Crippen LogP contribution in [-0.4, -0.2) is 52.7 Å². The smallest absolute Gasteiger partial charge is 0.254 e. The number of thioether (sulfide) groups is 1. The largest absolute Gasteiger partial charge is 0.394 e. The Morgan fingerprint density at radius 2 is 1.76 bits per heavy atom. The van der Waals surface area contributed by atoms with Crippen LogP contribution in [0.15, 0.2) is 18.2 Å². The summed E-state index contributed by atoms with van der Waals surface area (Å²) in [6.07, 6.45) is 0.649. The van der Waals surface area contributed by atoms with Gasteiger partial charge in [0.05, 0.1) is 12.6 Å². The quantitative estimate of drug-likeness (QED) is 0.509. The Kier molecular flexibility index (Phi) is 8.81. The zero-order chi connectivity index (χ0) is 19.0. The van der Waals surface area contributed by atoms with Crippen LogP contribution in [0.4, 0.5) is 8.78 Å². The first-order valence-electron chi connectivity index (χ1n) is 7.63. The molecule has 6 nitrogen and oxygen atoms in total. The van der Waals surface area contributed by atoms with Gasteiger partial charge in [0.25, 0.3) is 5.91 Å². The molecule has 3 atom stereocenters. The van der Waals surface area contributed by atoms with Gasteiger partial charge in [-0.15, -0.1) is 0 Å². The molecule has 4 N–H and O–H groups in total. The molecule has 0 aliphatic rings. The van der Waals surface area contributed by atoms with Crippen molar-refractivity contribution in [3.8, 4) is 0 Å². The minimum Gasteiger partial charge on any atom is -0.394 e. The fourth-order valence-electron chi connectivity index (χ4n) is 2.04. The summed E-state index contributed by atoms with van der Waals surface area (Å²) in [4.78, 5) is 24.0. The molecule has 9 heteroatoms. The molecular formula is C16H22F2N2O4S. The number of hydrogen-bond acceptors (Lipinski definition) is 5. The molecule has 25 heavy (non-hydrogen) atoms. The normalized spacial score (nSPS) is 14.5. The number of carbonyl (C=O) groups excluding carboxylic acids is 2.